The van der Waals surface area contributed by atoms with E-state index in [1.54, 1.807) is 18.3 Å². The zero-order chi connectivity index (χ0) is 26.1. The lowest BCUT2D eigenvalue weighted by molar-refractivity contribution is -0.136. The van der Waals surface area contributed by atoms with Gasteiger partial charge in [0, 0.05) is 29.1 Å². The van der Waals surface area contributed by atoms with Gasteiger partial charge in [-0.3, -0.25) is 4.79 Å². The monoisotopic (exact) mass is 508 g/mol. The Morgan fingerprint density at radius 2 is 1.87 bits per heavy atom. The molecule has 0 aliphatic carbocycles. The van der Waals surface area contributed by atoms with Crippen LogP contribution in [0.2, 0.25) is 0 Å². The van der Waals surface area contributed by atoms with Crippen molar-refractivity contribution < 1.29 is 19.4 Å². The lowest BCUT2D eigenvalue weighted by atomic mass is 10.00. The van der Waals surface area contributed by atoms with Gasteiger partial charge in [0.15, 0.2) is 6.23 Å². The number of nitrogens with two attached hydrogens (primary N) is 1. The summed E-state index contributed by atoms with van der Waals surface area (Å²) in [6.07, 6.45) is 4.52. The fourth-order valence-corrected chi connectivity index (χ4v) is 5.10. The fourth-order valence-electron chi connectivity index (χ4n) is 5.10. The van der Waals surface area contributed by atoms with Crippen LogP contribution in [0.25, 0.3) is 32.8 Å². The summed E-state index contributed by atoms with van der Waals surface area (Å²) >= 11 is 0. The third-order valence-electron chi connectivity index (χ3n) is 7.02. The summed E-state index contributed by atoms with van der Waals surface area (Å²) in [5.74, 6) is 0.142. The Morgan fingerprint density at radius 1 is 1.05 bits per heavy atom. The number of nitrogen functional groups attached to an aromatic ring is 1. The maximum atomic E-state index is 11.3. The van der Waals surface area contributed by atoms with Crippen LogP contribution in [0.5, 0.6) is 5.75 Å². The van der Waals surface area contributed by atoms with Gasteiger partial charge in [-0.1, -0.05) is 36.4 Å². The summed E-state index contributed by atoms with van der Waals surface area (Å²) < 4.78 is 14.2. The fraction of sp³-hybridized carbons (Fsp3) is 0.233. The van der Waals surface area contributed by atoms with Gasteiger partial charge in [-0.15, -0.1) is 0 Å². The highest BCUT2D eigenvalue weighted by molar-refractivity contribution is 5.95. The number of benzene rings is 3. The average molecular weight is 509 g/mol. The van der Waals surface area contributed by atoms with E-state index in [-0.39, 0.29) is 19.3 Å². The van der Waals surface area contributed by atoms with E-state index in [2.05, 4.69) is 41.4 Å². The maximum Gasteiger partial charge on any atom is 0.307 e. The van der Waals surface area contributed by atoms with Crippen molar-refractivity contribution in [3.05, 3.63) is 84.2 Å². The van der Waals surface area contributed by atoms with Crippen LogP contribution in [0, 0.1) is 0 Å². The summed E-state index contributed by atoms with van der Waals surface area (Å²) in [7, 11) is 0. The molecular weight excluding hydrogens is 480 g/mol. The number of hydrogen-bond donors (Lipinski definition) is 2. The van der Waals surface area contributed by atoms with Crippen LogP contribution in [0.1, 0.15) is 36.7 Å². The van der Waals surface area contributed by atoms with E-state index in [9.17, 15) is 9.90 Å². The highest BCUT2D eigenvalue weighted by Gasteiger charge is 2.22. The topological polar surface area (TPSA) is 112 Å². The minimum absolute atomic E-state index is 0.106. The Balaban J connectivity index is 1.40. The molecule has 1 aliphatic rings. The second kappa shape index (κ2) is 10.1. The number of anilines is 1. The lowest BCUT2D eigenvalue weighted by Crippen LogP contribution is -2.19. The molecule has 6 rings (SSSR count). The first-order valence-corrected chi connectivity index (χ1v) is 12.8. The van der Waals surface area contributed by atoms with E-state index < -0.39 is 5.97 Å². The second-order valence-electron chi connectivity index (χ2n) is 9.54. The summed E-state index contributed by atoms with van der Waals surface area (Å²) in [6, 6.07) is 21.6. The number of pyridine rings is 1. The Morgan fingerprint density at radius 3 is 2.68 bits per heavy atom. The predicted molar refractivity (Wildman–Crippen MR) is 146 cm³/mol. The Kier molecular flexibility index (Phi) is 6.39. The molecule has 1 aliphatic heterocycles. The molecule has 8 nitrogen and oxygen atoms in total. The number of carboxylic acids is 1. The van der Waals surface area contributed by atoms with Crippen LogP contribution in [0.4, 0.5) is 5.82 Å². The summed E-state index contributed by atoms with van der Waals surface area (Å²) in [5.41, 5.74) is 10.6. The maximum absolute atomic E-state index is 11.3. The molecule has 0 bridgehead atoms. The number of aromatic nitrogens is 3. The molecule has 3 aromatic carbocycles. The minimum atomic E-state index is -0.902. The largest absolute Gasteiger partial charge is 0.487 e. The quantitative estimate of drug-likeness (QED) is 0.288. The number of aliphatic carboxylic acids is 1. The van der Waals surface area contributed by atoms with Gasteiger partial charge in [0.05, 0.1) is 11.9 Å². The molecule has 0 spiro atoms. The SMILES string of the molecule is Nc1nccc2ccc(-c3ccc4c(c3)c(COc3ccccc3CC(=O)O)nn4C3CCCCO3)cc12. The number of nitrogens with zero attached hydrogens (tertiary/aromatic N) is 3. The lowest BCUT2D eigenvalue weighted by Gasteiger charge is -2.23. The van der Waals surface area contributed by atoms with Crippen LogP contribution >= 0.6 is 0 Å². The molecule has 0 saturated carbocycles. The molecule has 38 heavy (non-hydrogen) atoms. The minimum Gasteiger partial charge on any atom is -0.487 e. The molecule has 1 unspecified atom stereocenters. The van der Waals surface area contributed by atoms with Crippen LogP contribution in [-0.4, -0.2) is 32.4 Å². The third kappa shape index (κ3) is 4.66. The molecule has 8 heteroatoms. The molecule has 0 radical (unpaired) electrons. The van der Waals surface area contributed by atoms with E-state index >= 15 is 0 Å². The standard InChI is InChI=1S/C30H28N4O4/c31-30-23-15-20(9-8-19(23)12-13-32-30)21-10-11-26-24(16-21)25(33-34(26)28-7-3-4-14-37-28)18-38-27-6-2-1-5-22(27)17-29(35)36/h1-2,5-6,8-13,15-16,28H,3-4,7,14,17-18H2,(H2,31,32)(H,35,36). The number of hydrogen-bond acceptors (Lipinski definition) is 6. The molecule has 3 heterocycles. The molecule has 3 N–H and O–H groups in total. The molecule has 2 aromatic heterocycles. The van der Waals surface area contributed by atoms with Crippen molar-refractivity contribution in [1.82, 2.24) is 14.8 Å². The number of rotatable bonds is 7. The zero-order valence-corrected chi connectivity index (χ0v) is 20.8. The first kappa shape index (κ1) is 23.9. The van der Waals surface area contributed by atoms with Crippen LogP contribution in [0.3, 0.4) is 0 Å². The van der Waals surface area contributed by atoms with Gasteiger partial charge >= 0.3 is 5.97 Å². The van der Waals surface area contributed by atoms with Gasteiger partial charge in [0.2, 0.25) is 0 Å². The Bertz CT molecular complexity index is 1640. The predicted octanol–water partition coefficient (Wildman–Crippen LogP) is 5.74. The smallest absolute Gasteiger partial charge is 0.307 e. The number of fused-ring (bicyclic) bond motifs is 2. The van der Waals surface area contributed by atoms with Crippen LogP contribution in [0.15, 0.2) is 72.9 Å². The molecule has 1 saturated heterocycles. The zero-order valence-electron chi connectivity index (χ0n) is 20.8. The van der Waals surface area contributed by atoms with Crippen LogP contribution in [-0.2, 0) is 22.6 Å². The van der Waals surface area contributed by atoms with Crippen LogP contribution < -0.4 is 10.5 Å². The number of ether oxygens (including phenoxy) is 2. The van der Waals surface area contributed by atoms with E-state index in [0.29, 0.717) is 23.7 Å². The van der Waals surface area contributed by atoms with E-state index in [1.165, 1.54) is 0 Å². The second-order valence-corrected chi connectivity index (χ2v) is 9.54. The van der Waals surface area contributed by atoms with Gasteiger partial charge in [0.25, 0.3) is 0 Å². The number of carboxylic acid groups (broad SMARTS) is 1. The van der Waals surface area contributed by atoms with Crippen molar-refractivity contribution in [3.8, 4) is 16.9 Å². The highest BCUT2D eigenvalue weighted by atomic mass is 16.5. The van der Waals surface area contributed by atoms with Crippen molar-refractivity contribution in [3.63, 3.8) is 0 Å². The summed E-state index contributed by atoms with van der Waals surface area (Å²) in [4.78, 5) is 15.6. The van der Waals surface area contributed by atoms with Gasteiger partial charge < -0.3 is 20.3 Å². The molecule has 5 aromatic rings. The molecule has 192 valence electrons. The van der Waals surface area contributed by atoms with E-state index in [4.69, 9.17) is 20.3 Å². The first-order chi connectivity index (χ1) is 18.6. The molecule has 0 amide bonds. The summed E-state index contributed by atoms with van der Waals surface area (Å²) in [6.45, 7) is 0.913. The van der Waals surface area contributed by atoms with Gasteiger partial charge in [-0.05, 0) is 66.1 Å². The highest BCUT2D eigenvalue weighted by Crippen LogP contribution is 2.33. The van der Waals surface area contributed by atoms with Gasteiger partial charge in [0.1, 0.15) is 23.9 Å². The van der Waals surface area contributed by atoms with E-state index in [1.807, 2.05) is 22.9 Å². The number of para-hydroxylation sites is 1. The average Bonchev–Trinajstić information content (AvgIpc) is 3.31. The van der Waals surface area contributed by atoms with Gasteiger partial charge in [-0.25, -0.2) is 9.67 Å². The first-order valence-electron chi connectivity index (χ1n) is 12.8. The third-order valence-corrected chi connectivity index (χ3v) is 7.02. The Hall–Kier alpha value is -4.43. The number of carbonyl (C=O) groups is 1. The summed E-state index contributed by atoms with van der Waals surface area (Å²) in [5, 5.41) is 17.1. The molecule has 1 atom stereocenters. The van der Waals surface area contributed by atoms with Crippen molar-refractivity contribution >= 4 is 33.5 Å². The van der Waals surface area contributed by atoms with Crippen molar-refractivity contribution in [2.75, 3.05) is 12.3 Å². The normalized spacial score (nSPS) is 15.6. The van der Waals surface area contributed by atoms with Crippen molar-refractivity contribution in [2.24, 2.45) is 0 Å². The molecular formula is C30H28N4O4. The molecule has 1 fully saturated rings. The van der Waals surface area contributed by atoms with E-state index in [0.717, 1.165) is 57.8 Å². The Labute approximate surface area is 219 Å². The van der Waals surface area contributed by atoms with Crippen molar-refractivity contribution in [1.29, 1.82) is 0 Å². The van der Waals surface area contributed by atoms with Crippen molar-refractivity contribution in [2.45, 2.75) is 38.5 Å². The van der Waals surface area contributed by atoms with Gasteiger partial charge in [-0.2, -0.15) is 5.10 Å².